The third-order valence-corrected chi connectivity index (χ3v) is 7.46. The smallest absolute Gasteiger partial charge is 0.326 e. The van der Waals surface area contributed by atoms with Crippen LogP contribution in [0.2, 0.25) is 0 Å². The highest BCUT2D eigenvalue weighted by Crippen LogP contribution is 2.20. The lowest BCUT2D eigenvalue weighted by Crippen LogP contribution is -2.57. The summed E-state index contributed by atoms with van der Waals surface area (Å²) in [4.78, 5) is 85.6. The molecule has 0 radical (unpaired) electrons. The molecule has 2 heterocycles. The summed E-state index contributed by atoms with van der Waals surface area (Å²) in [6.45, 7) is -0.425. The van der Waals surface area contributed by atoms with Crippen LogP contribution < -0.4 is 38.1 Å². The number of carbonyl (C=O) groups is 6. The van der Waals surface area contributed by atoms with E-state index >= 15 is 0 Å². The van der Waals surface area contributed by atoms with Gasteiger partial charge in [0.2, 0.25) is 29.5 Å². The molecular formula is C31H37N9O7. The maximum absolute atomic E-state index is 14.0. The van der Waals surface area contributed by atoms with Gasteiger partial charge in [0, 0.05) is 30.1 Å². The molecule has 248 valence electrons. The van der Waals surface area contributed by atoms with Crippen molar-refractivity contribution in [3.63, 3.8) is 0 Å². The van der Waals surface area contributed by atoms with Crippen LogP contribution in [0.4, 0.5) is 0 Å². The van der Waals surface area contributed by atoms with E-state index in [0.29, 0.717) is 11.1 Å². The molecule has 4 rings (SSSR count). The number of rotatable bonds is 8. The lowest BCUT2D eigenvalue weighted by atomic mass is 10.0. The van der Waals surface area contributed by atoms with Crippen LogP contribution in [0.15, 0.2) is 65.8 Å². The Morgan fingerprint density at radius 2 is 1.53 bits per heavy atom. The largest absolute Gasteiger partial charge is 0.480 e. The molecule has 47 heavy (non-hydrogen) atoms. The number of nitrogens with two attached hydrogens (primary N) is 2. The molecular weight excluding hydrogens is 610 g/mol. The second-order valence-electron chi connectivity index (χ2n) is 10.9. The van der Waals surface area contributed by atoms with Gasteiger partial charge >= 0.3 is 5.97 Å². The van der Waals surface area contributed by atoms with E-state index in [0.717, 1.165) is 10.9 Å². The molecule has 1 fully saturated rings. The van der Waals surface area contributed by atoms with Crippen LogP contribution in [-0.4, -0.2) is 82.8 Å². The molecule has 4 atom stereocenters. The quantitative estimate of drug-likeness (QED) is 0.0796. The van der Waals surface area contributed by atoms with Gasteiger partial charge in [0.1, 0.15) is 24.2 Å². The SMILES string of the molecule is NC(N)=NCCC[C@@H]1NC(=O)CNC(=O)C[C@@H](C(=O)O)NC(=O)[C@@H](c2ccccc2)NC(=O)[C@H](Cc2c[nH]c3ccccc23)NC1=O. The highest BCUT2D eigenvalue weighted by molar-refractivity contribution is 5.97. The number of hydrogen-bond acceptors (Lipinski definition) is 7. The second kappa shape index (κ2) is 15.9. The number of carboxylic acids is 1. The maximum atomic E-state index is 14.0. The van der Waals surface area contributed by atoms with E-state index in [4.69, 9.17) is 11.5 Å². The Balaban J connectivity index is 1.72. The van der Waals surface area contributed by atoms with Crippen LogP contribution in [0.25, 0.3) is 10.9 Å². The van der Waals surface area contributed by atoms with Gasteiger partial charge in [0.25, 0.3) is 0 Å². The molecule has 11 N–H and O–H groups in total. The molecule has 0 bridgehead atoms. The van der Waals surface area contributed by atoms with Crippen LogP contribution in [-0.2, 0) is 35.2 Å². The first-order valence-corrected chi connectivity index (χ1v) is 14.9. The van der Waals surface area contributed by atoms with Gasteiger partial charge in [0.05, 0.1) is 13.0 Å². The van der Waals surface area contributed by atoms with Crippen LogP contribution in [0.1, 0.15) is 36.4 Å². The normalized spacial score (nSPS) is 21.5. The molecule has 16 heteroatoms. The Bertz CT molecular complexity index is 1650. The number of fused-ring (bicyclic) bond motifs is 1. The molecule has 0 unspecified atom stereocenters. The fourth-order valence-electron chi connectivity index (χ4n) is 5.10. The Kier molecular flexibility index (Phi) is 11.5. The van der Waals surface area contributed by atoms with Gasteiger partial charge in [-0.15, -0.1) is 0 Å². The number of aromatic amines is 1. The van der Waals surface area contributed by atoms with Crippen molar-refractivity contribution in [2.75, 3.05) is 13.1 Å². The van der Waals surface area contributed by atoms with Crippen LogP contribution in [0.5, 0.6) is 0 Å². The van der Waals surface area contributed by atoms with E-state index in [1.807, 2.05) is 24.3 Å². The Labute approximate surface area is 269 Å². The minimum Gasteiger partial charge on any atom is -0.480 e. The molecule has 2 aromatic carbocycles. The highest BCUT2D eigenvalue weighted by Gasteiger charge is 2.33. The Hall–Kier alpha value is -5.93. The molecule has 1 aliphatic rings. The Morgan fingerprint density at radius 1 is 0.830 bits per heavy atom. The van der Waals surface area contributed by atoms with Crippen molar-refractivity contribution in [2.45, 2.75) is 49.9 Å². The highest BCUT2D eigenvalue weighted by atomic mass is 16.4. The summed E-state index contributed by atoms with van der Waals surface area (Å²) < 4.78 is 0. The molecule has 1 aliphatic heterocycles. The lowest BCUT2D eigenvalue weighted by molar-refractivity contribution is -0.144. The van der Waals surface area contributed by atoms with E-state index in [1.165, 1.54) is 0 Å². The van der Waals surface area contributed by atoms with Gasteiger partial charge in [0.15, 0.2) is 5.96 Å². The fourth-order valence-corrected chi connectivity index (χ4v) is 5.10. The average molecular weight is 648 g/mol. The van der Waals surface area contributed by atoms with Gasteiger partial charge in [-0.25, -0.2) is 4.79 Å². The standard InChI is InChI=1S/C31H37N9O7/c32-31(33)34-12-6-11-21-27(43)38-22(13-18-15-35-20-10-5-4-9-19(18)20)28(44)40-26(17-7-2-1-3-8-17)29(45)39-23(30(46)47)14-24(41)36-16-25(42)37-21/h1-5,7-10,15,21-23,26,35H,6,11-14,16H2,(H,36,41)(H,37,42)(H,38,43)(H,39,45)(H,40,44)(H,46,47)(H4,32,33,34)/t21-,22-,23-,26+/m0/s1. The summed E-state index contributed by atoms with van der Waals surface area (Å²) in [7, 11) is 0. The predicted octanol–water partition coefficient (Wildman–Crippen LogP) is -1.32. The Morgan fingerprint density at radius 3 is 2.26 bits per heavy atom. The van der Waals surface area contributed by atoms with Crippen LogP contribution >= 0.6 is 0 Å². The molecule has 0 aliphatic carbocycles. The topological polar surface area (TPSA) is 263 Å². The number of benzene rings is 2. The number of carbonyl (C=O) groups excluding carboxylic acids is 5. The predicted molar refractivity (Wildman–Crippen MR) is 170 cm³/mol. The van der Waals surface area contributed by atoms with E-state index in [2.05, 4.69) is 36.6 Å². The molecule has 1 aromatic heterocycles. The zero-order valence-corrected chi connectivity index (χ0v) is 25.3. The first kappa shape index (κ1) is 34.0. The zero-order valence-electron chi connectivity index (χ0n) is 25.3. The number of aliphatic carboxylic acids is 1. The number of guanidine groups is 1. The van der Waals surface area contributed by atoms with Crippen molar-refractivity contribution in [3.8, 4) is 0 Å². The number of H-pyrrole nitrogens is 1. The monoisotopic (exact) mass is 647 g/mol. The number of hydrogen-bond donors (Lipinski definition) is 9. The summed E-state index contributed by atoms with van der Waals surface area (Å²) in [6, 6.07) is 10.0. The number of aromatic nitrogens is 1. The van der Waals surface area contributed by atoms with E-state index in [9.17, 15) is 33.9 Å². The van der Waals surface area contributed by atoms with Crippen molar-refractivity contribution in [1.29, 1.82) is 0 Å². The van der Waals surface area contributed by atoms with Crippen LogP contribution in [0.3, 0.4) is 0 Å². The minimum absolute atomic E-state index is 0.00676. The first-order valence-electron chi connectivity index (χ1n) is 14.9. The van der Waals surface area contributed by atoms with E-state index < -0.39 is 72.6 Å². The second-order valence-corrected chi connectivity index (χ2v) is 10.9. The van der Waals surface area contributed by atoms with Gasteiger partial charge < -0.3 is 48.1 Å². The molecule has 0 spiro atoms. The van der Waals surface area contributed by atoms with Crippen molar-refractivity contribution >= 4 is 52.4 Å². The molecule has 1 saturated heterocycles. The number of nitrogens with one attached hydrogen (secondary N) is 6. The first-order chi connectivity index (χ1) is 22.5. The molecule has 5 amide bonds. The molecule has 0 saturated carbocycles. The van der Waals surface area contributed by atoms with Gasteiger partial charge in [-0.3, -0.25) is 29.0 Å². The molecule has 3 aromatic rings. The summed E-state index contributed by atoms with van der Waals surface area (Å²) in [5.41, 5.74) is 12.6. The van der Waals surface area contributed by atoms with E-state index in [-0.39, 0.29) is 31.8 Å². The molecule has 16 nitrogen and oxygen atoms in total. The maximum Gasteiger partial charge on any atom is 0.326 e. The summed E-state index contributed by atoms with van der Waals surface area (Å²) >= 11 is 0. The summed E-state index contributed by atoms with van der Waals surface area (Å²) in [5.74, 6) is -5.58. The van der Waals surface area contributed by atoms with Crippen molar-refractivity contribution in [1.82, 2.24) is 31.6 Å². The minimum atomic E-state index is -1.67. The number of nitrogens with zero attached hydrogens (tertiary/aromatic N) is 1. The number of carboxylic acid groups (broad SMARTS) is 1. The lowest BCUT2D eigenvalue weighted by Gasteiger charge is -2.27. The number of para-hydroxylation sites is 1. The van der Waals surface area contributed by atoms with Crippen molar-refractivity contribution < 1.29 is 33.9 Å². The number of aliphatic imine (C=N–C) groups is 1. The van der Waals surface area contributed by atoms with Crippen molar-refractivity contribution in [3.05, 3.63) is 71.9 Å². The van der Waals surface area contributed by atoms with Gasteiger partial charge in [-0.1, -0.05) is 48.5 Å². The zero-order chi connectivity index (χ0) is 33.9. The van der Waals surface area contributed by atoms with Crippen molar-refractivity contribution in [2.24, 2.45) is 16.5 Å². The van der Waals surface area contributed by atoms with Gasteiger partial charge in [-0.05, 0) is 30.0 Å². The van der Waals surface area contributed by atoms with E-state index in [1.54, 1.807) is 36.5 Å². The third-order valence-electron chi connectivity index (χ3n) is 7.46. The summed E-state index contributed by atoms with van der Waals surface area (Å²) in [6.07, 6.45) is 1.35. The van der Waals surface area contributed by atoms with Gasteiger partial charge in [-0.2, -0.15) is 0 Å². The average Bonchev–Trinajstić information content (AvgIpc) is 3.45. The fraction of sp³-hybridized carbons (Fsp3) is 0.323. The summed E-state index contributed by atoms with van der Waals surface area (Å²) in [5, 5.41) is 23.1. The third kappa shape index (κ3) is 9.53. The van der Waals surface area contributed by atoms with Crippen LogP contribution in [0, 0.1) is 0 Å². The number of amides is 5.